The second-order valence-corrected chi connectivity index (χ2v) is 6.58. The summed E-state index contributed by atoms with van der Waals surface area (Å²) in [6.07, 6.45) is 3.76. The fourth-order valence-electron chi connectivity index (χ4n) is 2.35. The molecule has 2 unspecified atom stereocenters. The van der Waals surface area contributed by atoms with Gasteiger partial charge < -0.3 is 5.32 Å². The summed E-state index contributed by atoms with van der Waals surface area (Å²) in [7, 11) is 0. The maximum atomic E-state index is 6.16. The van der Waals surface area contributed by atoms with Gasteiger partial charge in [0.05, 0.1) is 11.4 Å². The maximum Gasteiger partial charge on any atom is 0.171 e. The number of aryl methyl sites for hydroxylation is 2. The zero-order valence-corrected chi connectivity index (χ0v) is 12.7. The molecular formula is C13H20ClN3S. The van der Waals surface area contributed by atoms with Crippen molar-refractivity contribution in [1.29, 1.82) is 0 Å². The Morgan fingerprint density at radius 2 is 2.00 bits per heavy atom. The third kappa shape index (κ3) is 3.09. The van der Waals surface area contributed by atoms with Gasteiger partial charge in [-0.2, -0.15) is 11.8 Å². The first-order valence-electron chi connectivity index (χ1n) is 6.50. The highest BCUT2D eigenvalue weighted by molar-refractivity contribution is 7.99. The van der Waals surface area contributed by atoms with Crippen molar-refractivity contribution in [2.75, 3.05) is 11.1 Å². The molecule has 1 aromatic heterocycles. The van der Waals surface area contributed by atoms with E-state index in [0.29, 0.717) is 16.4 Å². The fourth-order valence-corrected chi connectivity index (χ4v) is 3.77. The van der Waals surface area contributed by atoms with Gasteiger partial charge in [0.1, 0.15) is 0 Å². The fraction of sp³-hybridized carbons (Fsp3) is 0.692. The summed E-state index contributed by atoms with van der Waals surface area (Å²) in [5, 5.41) is 4.65. The van der Waals surface area contributed by atoms with Crippen LogP contribution in [0.5, 0.6) is 0 Å². The highest BCUT2D eigenvalue weighted by atomic mass is 35.5. The largest absolute Gasteiger partial charge is 0.364 e. The molecule has 0 amide bonds. The molecule has 0 saturated heterocycles. The van der Waals surface area contributed by atoms with Crippen molar-refractivity contribution in [3.05, 3.63) is 16.5 Å². The van der Waals surface area contributed by atoms with Gasteiger partial charge in [0.2, 0.25) is 0 Å². The average Bonchev–Trinajstić information content (AvgIpc) is 2.74. The Hall–Kier alpha value is -0.480. The molecule has 0 aromatic carbocycles. The highest BCUT2D eigenvalue weighted by Gasteiger charge is 2.28. The van der Waals surface area contributed by atoms with Crippen molar-refractivity contribution < 1.29 is 0 Å². The number of hydrogen-bond donors (Lipinski definition) is 1. The van der Waals surface area contributed by atoms with Crippen LogP contribution in [0.25, 0.3) is 0 Å². The topological polar surface area (TPSA) is 37.8 Å². The Kier molecular flexibility index (Phi) is 4.73. The molecule has 5 heteroatoms. The number of hydrogen-bond acceptors (Lipinski definition) is 4. The molecule has 1 aromatic rings. The molecule has 1 aliphatic rings. The summed E-state index contributed by atoms with van der Waals surface area (Å²) in [6, 6.07) is 0.476. The van der Waals surface area contributed by atoms with E-state index in [-0.39, 0.29) is 0 Å². The lowest BCUT2D eigenvalue weighted by Crippen LogP contribution is -2.27. The zero-order valence-electron chi connectivity index (χ0n) is 11.2. The zero-order chi connectivity index (χ0) is 13.1. The minimum absolute atomic E-state index is 0.476. The van der Waals surface area contributed by atoms with Crippen molar-refractivity contribution in [2.45, 2.75) is 51.3 Å². The summed E-state index contributed by atoms with van der Waals surface area (Å²) < 4.78 is 0. The van der Waals surface area contributed by atoms with Crippen LogP contribution in [0.3, 0.4) is 0 Å². The van der Waals surface area contributed by atoms with Crippen LogP contribution in [0, 0.1) is 13.8 Å². The molecule has 2 rings (SSSR count). The number of thioether (sulfide) groups is 1. The van der Waals surface area contributed by atoms with Crippen LogP contribution < -0.4 is 5.32 Å². The molecule has 0 radical (unpaired) electrons. The normalized spacial score (nSPS) is 23.3. The molecular weight excluding hydrogens is 266 g/mol. The number of aromatic nitrogens is 2. The predicted molar refractivity (Wildman–Crippen MR) is 79.7 cm³/mol. The SMILES string of the molecule is CCSC1CCCC1Nc1nc(C)c(C)nc1Cl. The number of nitrogens with zero attached hydrogens (tertiary/aromatic N) is 2. The molecule has 1 fully saturated rings. The first kappa shape index (κ1) is 13.9. The first-order valence-corrected chi connectivity index (χ1v) is 7.93. The van der Waals surface area contributed by atoms with Crippen LogP contribution >= 0.6 is 23.4 Å². The van der Waals surface area contributed by atoms with E-state index in [4.69, 9.17) is 11.6 Å². The summed E-state index contributed by atoms with van der Waals surface area (Å²) >= 11 is 8.19. The summed E-state index contributed by atoms with van der Waals surface area (Å²) in [4.78, 5) is 8.84. The van der Waals surface area contributed by atoms with E-state index in [1.165, 1.54) is 19.3 Å². The molecule has 0 aliphatic heterocycles. The van der Waals surface area contributed by atoms with E-state index in [0.717, 1.165) is 23.0 Å². The van der Waals surface area contributed by atoms with Crippen molar-refractivity contribution in [1.82, 2.24) is 9.97 Å². The van der Waals surface area contributed by atoms with Crippen LogP contribution in [-0.4, -0.2) is 27.0 Å². The number of rotatable bonds is 4. The molecule has 1 heterocycles. The summed E-state index contributed by atoms with van der Waals surface area (Å²) in [5.41, 5.74) is 1.84. The lowest BCUT2D eigenvalue weighted by Gasteiger charge is -2.21. The first-order chi connectivity index (χ1) is 8.61. The van der Waals surface area contributed by atoms with Gasteiger partial charge in [0.15, 0.2) is 11.0 Å². The average molecular weight is 286 g/mol. The van der Waals surface area contributed by atoms with Crippen LogP contribution in [0.1, 0.15) is 37.6 Å². The summed E-state index contributed by atoms with van der Waals surface area (Å²) in [6.45, 7) is 6.11. The Bertz CT molecular complexity index is 425. The van der Waals surface area contributed by atoms with E-state index in [9.17, 15) is 0 Å². The molecule has 0 bridgehead atoms. The minimum Gasteiger partial charge on any atom is -0.364 e. The molecule has 0 spiro atoms. The Morgan fingerprint density at radius 3 is 2.72 bits per heavy atom. The van der Waals surface area contributed by atoms with Gasteiger partial charge in [0.25, 0.3) is 0 Å². The van der Waals surface area contributed by atoms with Crippen LogP contribution in [0.4, 0.5) is 5.82 Å². The van der Waals surface area contributed by atoms with E-state index in [2.05, 4.69) is 22.2 Å². The third-order valence-electron chi connectivity index (χ3n) is 3.42. The van der Waals surface area contributed by atoms with E-state index < -0.39 is 0 Å². The predicted octanol–water partition coefficient (Wildman–Crippen LogP) is 3.83. The van der Waals surface area contributed by atoms with Gasteiger partial charge in [0, 0.05) is 11.3 Å². The van der Waals surface area contributed by atoms with Crippen molar-refractivity contribution in [2.24, 2.45) is 0 Å². The molecule has 18 heavy (non-hydrogen) atoms. The molecule has 1 aliphatic carbocycles. The van der Waals surface area contributed by atoms with Crippen molar-refractivity contribution >= 4 is 29.2 Å². The Labute approximate surface area is 118 Å². The smallest absolute Gasteiger partial charge is 0.171 e. The molecule has 100 valence electrons. The van der Waals surface area contributed by atoms with Crippen molar-refractivity contribution in [3.63, 3.8) is 0 Å². The van der Waals surface area contributed by atoms with Crippen LogP contribution in [0.2, 0.25) is 5.15 Å². The monoisotopic (exact) mass is 285 g/mol. The van der Waals surface area contributed by atoms with Gasteiger partial charge in [-0.25, -0.2) is 9.97 Å². The van der Waals surface area contributed by atoms with Gasteiger partial charge in [-0.05, 0) is 32.4 Å². The van der Waals surface area contributed by atoms with E-state index >= 15 is 0 Å². The van der Waals surface area contributed by atoms with Gasteiger partial charge in [-0.3, -0.25) is 0 Å². The molecule has 2 atom stereocenters. The number of nitrogens with one attached hydrogen (secondary N) is 1. The summed E-state index contributed by atoms with van der Waals surface area (Å²) in [5.74, 6) is 1.91. The van der Waals surface area contributed by atoms with E-state index in [1.807, 2.05) is 25.6 Å². The van der Waals surface area contributed by atoms with Gasteiger partial charge in [-0.1, -0.05) is 24.9 Å². The lowest BCUT2D eigenvalue weighted by molar-refractivity contribution is 0.759. The van der Waals surface area contributed by atoms with Crippen LogP contribution in [0.15, 0.2) is 0 Å². The molecule has 3 nitrogen and oxygen atoms in total. The Morgan fingerprint density at radius 1 is 1.28 bits per heavy atom. The van der Waals surface area contributed by atoms with E-state index in [1.54, 1.807) is 0 Å². The van der Waals surface area contributed by atoms with Gasteiger partial charge in [-0.15, -0.1) is 0 Å². The standard InChI is InChI=1S/C13H20ClN3S/c1-4-18-11-7-5-6-10(11)17-13-12(14)15-8(2)9(3)16-13/h10-11H,4-7H2,1-3H3,(H,16,17). The molecule has 1 N–H and O–H groups in total. The van der Waals surface area contributed by atoms with Gasteiger partial charge >= 0.3 is 0 Å². The highest BCUT2D eigenvalue weighted by Crippen LogP contribution is 2.32. The second-order valence-electron chi connectivity index (χ2n) is 4.71. The number of anilines is 1. The number of halogens is 1. The van der Waals surface area contributed by atoms with Crippen molar-refractivity contribution in [3.8, 4) is 0 Å². The second kappa shape index (κ2) is 6.11. The Balaban J connectivity index is 2.11. The minimum atomic E-state index is 0.476. The lowest BCUT2D eigenvalue weighted by atomic mass is 10.2. The molecule has 1 saturated carbocycles. The maximum absolute atomic E-state index is 6.16. The van der Waals surface area contributed by atoms with Crippen LogP contribution in [-0.2, 0) is 0 Å². The quantitative estimate of drug-likeness (QED) is 0.912. The third-order valence-corrected chi connectivity index (χ3v) is 5.01.